The van der Waals surface area contributed by atoms with Gasteiger partial charge in [0.1, 0.15) is 0 Å². The number of nitrogens with one attached hydrogen (secondary N) is 1. The number of hydrogen-bond acceptors (Lipinski definition) is 1. The quantitative estimate of drug-likeness (QED) is 0.825. The average molecular weight is 217 g/mol. The van der Waals surface area contributed by atoms with Gasteiger partial charge in [-0.3, -0.25) is 4.79 Å². The van der Waals surface area contributed by atoms with E-state index in [0.717, 1.165) is 12.8 Å². The third-order valence-corrected chi connectivity index (χ3v) is 3.36. The van der Waals surface area contributed by atoms with E-state index in [1.165, 1.54) is 5.56 Å². The lowest BCUT2D eigenvalue weighted by Gasteiger charge is -2.10. The molecule has 0 unspecified atom stereocenters. The van der Waals surface area contributed by atoms with Crippen LogP contribution in [0.2, 0.25) is 0 Å². The molecule has 2 rings (SSSR count). The molecule has 2 heteroatoms. The fraction of sp³-hybridized carbons (Fsp3) is 0.500. The maximum atomic E-state index is 11.8. The monoisotopic (exact) mass is 217 g/mol. The minimum Gasteiger partial charge on any atom is -0.353 e. The number of rotatable bonds is 4. The summed E-state index contributed by atoms with van der Waals surface area (Å²) in [6, 6.07) is 10.6. The van der Waals surface area contributed by atoms with Crippen LogP contribution in [-0.4, -0.2) is 11.9 Å². The Hall–Kier alpha value is -1.31. The molecule has 16 heavy (non-hydrogen) atoms. The minimum absolute atomic E-state index is 0.205. The van der Waals surface area contributed by atoms with Crippen LogP contribution in [0.3, 0.4) is 0 Å². The van der Waals surface area contributed by atoms with E-state index in [1.54, 1.807) is 0 Å². The fourth-order valence-corrected chi connectivity index (χ4v) is 2.01. The third kappa shape index (κ3) is 2.43. The highest BCUT2D eigenvalue weighted by molar-refractivity contribution is 5.83. The molecule has 0 aromatic heterocycles. The third-order valence-electron chi connectivity index (χ3n) is 3.36. The van der Waals surface area contributed by atoms with E-state index in [0.29, 0.717) is 12.0 Å². The first kappa shape index (κ1) is 11.2. The number of carbonyl (C=O) groups is 1. The van der Waals surface area contributed by atoms with Crippen molar-refractivity contribution in [1.29, 1.82) is 0 Å². The topological polar surface area (TPSA) is 29.1 Å². The standard InChI is InChI=1S/C14H19NO/c1-3-10(2)15-14(16)13-9-12(13)11-7-5-4-6-8-11/h4-8,10,12-13H,3,9H2,1-2H3,(H,15,16)/t10-,12+,13-/m0/s1. The number of amides is 1. The van der Waals surface area contributed by atoms with Gasteiger partial charge in [-0.15, -0.1) is 0 Å². The van der Waals surface area contributed by atoms with Crippen LogP contribution in [0.25, 0.3) is 0 Å². The van der Waals surface area contributed by atoms with Crippen LogP contribution in [-0.2, 0) is 4.79 Å². The van der Waals surface area contributed by atoms with Gasteiger partial charge in [-0.1, -0.05) is 37.3 Å². The molecule has 1 aromatic rings. The molecule has 1 aromatic carbocycles. The molecule has 0 radical (unpaired) electrons. The molecule has 1 saturated carbocycles. The SMILES string of the molecule is CC[C@H](C)NC(=O)[C@H]1C[C@@H]1c1ccccc1. The first-order valence-corrected chi connectivity index (χ1v) is 6.07. The van der Waals surface area contributed by atoms with Crippen molar-refractivity contribution in [2.45, 2.75) is 38.6 Å². The van der Waals surface area contributed by atoms with Crippen molar-refractivity contribution in [2.75, 3.05) is 0 Å². The van der Waals surface area contributed by atoms with Gasteiger partial charge in [-0.2, -0.15) is 0 Å². The van der Waals surface area contributed by atoms with E-state index in [1.807, 2.05) is 18.2 Å². The molecule has 1 aliphatic carbocycles. The van der Waals surface area contributed by atoms with Crippen molar-refractivity contribution in [3.63, 3.8) is 0 Å². The first-order chi connectivity index (χ1) is 7.72. The zero-order valence-corrected chi connectivity index (χ0v) is 9.94. The van der Waals surface area contributed by atoms with Crippen LogP contribution < -0.4 is 5.32 Å². The lowest BCUT2D eigenvalue weighted by Crippen LogP contribution is -2.33. The zero-order valence-electron chi connectivity index (χ0n) is 9.94. The summed E-state index contributed by atoms with van der Waals surface area (Å²) >= 11 is 0. The summed E-state index contributed by atoms with van der Waals surface area (Å²) in [4.78, 5) is 11.8. The Morgan fingerprint density at radius 1 is 1.44 bits per heavy atom. The van der Waals surface area contributed by atoms with Gasteiger partial charge in [0, 0.05) is 12.0 Å². The van der Waals surface area contributed by atoms with Gasteiger partial charge in [0.15, 0.2) is 0 Å². The largest absolute Gasteiger partial charge is 0.353 e. The number of hydrogen-bond donors (Lipinski definition) is 1. The summed E-state index contributed by atoms with van der Waals surface area (Å²) in [5.41, 5.74) is 1.30. The molecule has 1 amide bonds. The van der Waals surface area contributed by atoms with Gasteiger partial charge in [0.2, 0.25) is 5.91 Å². The molecular formula is C14H19NO. The highest BCUT2D eigenvalue weighted by atomic mass is 16.2. The molecule has 0 heterocycles. The normalized spacial score (nSPS) is 24.9. The Bertz CT molecular complexity index is 360. The summed E-state index contributed by atoms with van der Waals surface area (Å²) in [5, 5.41) is 3.05. The summed E-state index contributed by atoms with van der Waals surface area (Å²) in [6.45, 7) is 4.14. The lowest BCUT2D eigenvalue weighted by molar-refractivity contribution is -0.123. The highest BCUT2D eigenvalue weighted by Gasteiger charge is 2.43. The first-order valence-electron chi connectivity index (χ1n) is 6.07. The van der Waals surface area contributed by atoms with Gasteiger partial charge in [-0.25, -0.2) is 0 Å². The van der Waals surface area contributed by atoms with Crippen LogP contribution in [0.4, 0.5) is 0 Å². The molecule has 1 aliphatic rings. The van der Waals surface area contributed by atoms with Gasteiger partial charge in [0.25, 0.3) is 0 Å². The summed E-state index contributed by atoms with van der Waals surface area (Å²) < 4.78 is 0. The van der Waals surface area contributed by atoms with Crippen molar-refractivity contribution in [1.82, 2.24) is 5.32 Å². The van der Waals surface area contributed by atoms with Crippen molar-refractivity contribution in [3.05, 3.63) is 35.9 Å². The van der Waals surface area contributed by atoms with Crippen LogP contribution in [0, 0.1) is 5.92 Å². The Balaban J connectivity index is 1.89. The molecule has 0 aliphatic heterocycles. The predicted octanol–water partition coefficient (Wildman–Crippen LogP) is 2.70. The van der Waals surface area contributed by atoms with E-state index < -0.39 is 0 Å². The van der Waals surface area contributed by atoms with E-state index in [2.05, 4.69) is 31.3 Å². The molecule has 0 spiro atoms. The second-order valence-corrected chi connectivity index (χ2v) is 4.68. The van der Waals surface area contributed by atoms with Crippen LogP contribution in [0.1, 0.15) is 38.2 Å². The van der Waals surface area contributed by atoms with Crippen LogP contribution >= 0.6 is 0 Å². The van der Waals surface area contributed by atoms with Crippen molar-refractivity contribution in [3.8, 4) is 0 Å². The Labute approximate surface area is 97.1 Å². The fourth-order valence-electron chi connectivity index (χ4n) is 2.01. The average Bonchev–Trinajstić information content (AvgIpc) is 3.10. The summed E-state index contributed by atoms with van der Waals surface area (Å²) in [5.74, 6) is 0.879. The van der Waals surface area contributed by atoms with Crippen molar-refractivity contribution < 1.29 is 4.79 Å². The number of carbonyl (C=O) groups excluding carboxylic acids is 1. The predicted molar refractivity (Wildman–Crippen MR) is 65.2 cm³/mol. The molecule has 1 N–H and O–H groups in total. The second-order valence-electron chi connectivity index (χ2n) is 4.68. The zero-order chi connectivity index (χ0) is 11.5. The van der Waals surface area contributed by atoms with Crippen molar-refractivity contribution in [2.24, 2.45) is 5.92 Å². The van der Waals surface area contributed by atoms with Gasteiger partial charge in [-0.05, 0) is 31.2 Å². The van der Waals surface area contributed by atoms with Crippen molar-refractivity contribution >= 4 is 5.91 Å². The van der Waals surface area contributed by atoms with Gasteiger partial charge in [0.05, 0.1) is 0 Å². The van der Waals surface area contributed by atoms with E-state index in [-0.39, 0.29) is 11.8 Å². The Morgan fingerprint density at radius 3 is 2.75 bits per heavy atom. The highest BCUT2D eigenvalue weighted by Crippen LogP contribution is 2.47. The molecule has 3 atom stereocenters. The van der Waals surface area contributed by atoms with E-state index in [9.17, 15) is 4.79 Å². The Morgan fingerprint density at radius 2 is 2.12 bits per heavy atom. The minimum atomic E-state index is 0.205. The van der Waals surface area contributed by atoms with Crippen LogP contribution in [0.5, 0.6) is 0 Å². The summed E-state index contributed by atoms with van der Waals surface area (Å²) in [6.07, 6.45) is 2.00. The van der Waals surface area contributed by atoms with E-state index in [4.69, 9.17) is 0 Å². The van der Waals surface area contributed by atoms with E-state index >= 15 is 0 Å². The Kier molecular flexibility index (Phi) is 3.28. The smallest absolute Gasteiger partial charge is 0.223 e. The molecule has 86 valence electrons. The lowest BCUT2D eigenvalue weighted by atomic mass is 10.1. The molecule has 0 bridgehead atoms. The second kappa shape index (κ2) is 4.69. The molecule has 2 nitrogen and oxygen atoms in total. The van der Waals surface area contributed by atoms with Gasteiger partial charge < -0.3 is 5.32 Å². The number of benzene rings is 1. The molecule has 1 fully saturated rings. The van der Waals surface area contributed by atoms with Gasteiger partial charge >= 0.3 is 0 Å². The molecule has 0 saturated heterocycles. The molecular weight excluding hydrogens is 198 g/mol. The maximum absolute atomic E-state index is 11.8. The summed E-state index contributed by atoms with van der Waals surface area (Å²) in [7, 11) is 0. The maximum Gasteiger partial charge on any atom is 0.223 e. The van der Waals surface area contributed by atoms with Crippen LogP contribution in [0.15, 0.2) is 30.3 Å².